The van der Waals surface area contributed by atoms with Crippen molar-refractivity contribution in [3.63, 3.8) is 0 Å². The maximum atomic E-state index is 12.0. The number of carbonyl (C=O) groups is 1. The van der Waals surface area contributed by atoms with Crippen LogP contribution in [0.15, 0.2) is 0 Å². The number of rotatable bonds is 5. The van der Waals surface area contributed by atoms with Crippen molar-refractivity contribution in [2.24, 2.45) is 23.7 Å². The molecule has 2 rings (SSSR count). The lowest BCUT2D eigenvalue weighted by molar-refractivity contribution is -0.127. The zero-order chi connectivity index (χ0) is 14.5. The van der Waals surface area contributed by atoms with Gasteiger partial charge < -0.3 is 4.90 Å². The largest absolute Gasteiger partial charge is 0.303 e. The first-order valence-electron chi connectivity index (χ1n) is 8.86. The second-order valence-corrected chi connectivity index (χ2v) is 7.43. The molecule has 0 bridgehead atoms. The van der Waals surface area contributed by atoms with Crippen molar-refractivity contribution >= 4 is 5.78 Å². The normalized spacial score (nSPS) is 29.8. The van der Waals surface area contributed by atoms with Crippen LogP contribution in [-0.4, -0.2) is 30.3 Å². The number of nitrogens with zero attached hydrogens (tertiary/aromatic N) is 1. The first-order valence-corrected chi connectivity index (χ1v) is 8.86. The summed E-state index contributed by atoms with van der Waals surface area (Å²) in [6.45, 7) is 10.0. The van der Waals surface area contributed by atoms with Crippen LogP contribution in [0.3, 0.4) is 0 Å². The van der Waals surface area contributed by atoms with Gasteiger partial charge in [-0.15, -0.1) is 0 Å². The van der Waals surface area contributed by atoms with Crippen LogP contribution in [0.4, 0.5) is 0 Å². The Kier molecular flexibility index (Phi) is 6.07. The first-order chi connectivity index (χ1) is 9.60. The smallest absolute Gasteiger partial charge is 0.138 e. The van der Waals surface area contributed by atoms with E-state index in [9.17, 15) is 4.79 Å². The molecule has 2 heteroatoms. The van der Waals surface area contributed by atoms with Gasteiger partial charge in [-0.1, -0.05) is 40.0 Å². The van der Waals surface area contributed by atoms with E-state index in [1.54, 1.807) is 0 Å². The van der Waals surface area contributed by atoms with Crippen LogP contribution >= 0.6 is 0 Å². The first kappa shape index (κ1) is 16.0. The molecule has 0 aromatic heterocycles. The summed E-state index contributed by atoms with van der Waals surface area (Å²) >= 11 is 0. The van der Waals surface area contributed by atoms with Crippen LogP contribution < -0.4 is 0 Å². The van der Waals surface area contributed by atoms with Gasteiger partial charge in [0.1, 0.15) is 5.78 Å². The average Bonchev–Trinajstić information content (AvgIpc) is 2.48. The molecule has 0 unspecified atom stereocenters. The second kappa shape index (κ2) is 7.59. The zero-order valence-corrected chi connectivity index (χ0v) is 13.7. The van der Waals surface area contributed by atoms with Crippen molar-refractivity contribution in [2.45, 2.75) is 65.7 Å². The minimum atomic E-state index is 0.218. The highest BCUT2D eigenvalue weighted by Gasteiger charge is 2.28. The summed E-state index contributed by atoms with van der Waals surface area (Å²) in [7, 11) is 0. The van der Waals surface area contributed by atoms with E-state index in [1.807, 2.05) is 13.8 Å². The topological polar surface area (TPSA) is 20.3 Å². The highest BCUT2D eigenvalue weighted by atomic mass is 16.1. The third-order valence-corrected chi connectivity index (χ3v) is 5.62. The molecule has 2 fully saturated rings. The minimum Gasteiger partial charge on any atom is -0.303 e. The summed E-state index contributed by atoms with van der Waals surface area (Å²) in [5, 5.41) is 0. The standard InChI is InChI=1S/C18H33NO/c1-4-15-5-7-16(8-6-15)13-19-11-9-17(10-12-19)18(20)14(2)3/h14-17H,4-13H2,1-3H3/t15-,16+. The van der Waals surface area contributed by atoms with Gasteiger partial charge in [-0.3, -0.25) is 4.79 Å². The molecule has 0 radical (unpaired) electrons. The van der Waals surface area contributed by atoms with Gasteiger partial charge in [0.15, 0.2) is 0 Å². The Balaban J connectivity index is 1.68. The fraction of sp³-hybridized carbons (Fsp3) is 0.944. The molecule has 1 saturated carbocycles. The number of ketones is 1. The van der Waals surface area contributed by atoms with Crippen molar-refractivity contribution < 1.29 is 4.79 Å². The predicted octanol–water partition coefficient (Wildman–Crippen LogP) is 4.14. The lowest BCUT2D eigenvalue weighted by atomic mass is 9.80. The molecule has 20 heavy (non-hydrogen) atoms. The Labute approximate surface area is 125 Å². The van der Waals surface area contributed by atoms with Crippen molar-refractivity contribution in [1.82, 2.24) is 4.90 Å². The van der Waals surface area contributed by atoms with Crippen LogP contribution in [0.25, 0.3) is 0 Å². The fourth-order valence-electron chi connectivity index (χ4n) is 4.06. The lowest BCUT2D eigenvalue weighted by Gasteiger charge is -2.36. The van der Waals surface area contributed by atoms with Gasteiger partial charge in [-0.2, -0.15) is 0 Å². The Morgan fingerprint density at radius 1 is 1.00 bits per heavy atom. The van der Waals surface area contributed by atoms with Crippen molar-refractivity contribution in [3.8, 4) is 0 Å². The Bertz CT molecular complexity index is 297. The van der Waals surface area contributed by atoms with Gasteiger partial charge in [-0.05, 0) is 50.6 Å². The van der Waals surface area contributed by atoms with Gasteiger partial charge in [0, 0.05) is 18.4 Å². The molecule has 0 N–H and O–H groups in total. The molecule has 0 atom stereocenters. The predicted molar refractivity (Wildman–Crippen MR) is 84.7 cm³/mol. The zero-order valence-electron chi connectivity index (χ0n) is 13.7. The van der Waals surface area contributed by atoms with E-state index >= 15 is 0 Å². The molecular formula is C18H33NO. The number of hydrogen-bond donors (Lipinski definition) is 0. The van der Waals surface area contributed by atoms with Gasteiger partial charge in [0.2, 0.25) is 0 Å². The maximum Gasteiger partial charge on any atom is 0.138 e. The number of hydrogen-bond acceptors (Lipinski definition) is 2. The van der Waals surface area contributed by atoms with E-state index in [-0.39, 0.29) is 5.92 Å². The van der Waals surface area contributed by atoms with Crippen molar-refractivity contribution in [1.29, 1.82) is 0 Å². The molecule has 1 saturated heterocycles. The Hall–Kier alpha value is -0.370. The molecule has 1 aliphatic heterocycles. The van der Waals surface area contributed by atoms with Crippen molar-refractivity contribution in [2.75, 3.05) is 19.6 Å². The Morgan fingerprint density at radius 3 is 2.05 bits per heavy atom. The molecule has 2 aliphatic rings. The van der Waals surface area contributed by atoms with Crippen molar-refractivity contribution in [3.05, 3.63) is 0 Å². The van der Waals surface area contributed by atoms with E-state index in [0.29, 0.717) is 11.7 Å². The van der Waals surface area contributed by atoms with E-state index < -0.39 is 0 Å². The average molecular weight is 279 g/mol. The maximum absolute atomic E-state index is 12.0. The van der Waals surface area contributed by atoms with Crippen LogP contribution in [-0.2, 0) is 4.79 Å². The van der Waals surface area contributed by atoms with Crippen LogP contribution in [0.5, 0.6) is 0 Å². The molecule has 1 aliphatic carbocycles. The second-order valence-electron chi connectivity index (χ2n) is 7.43. The summed E-state index contributed by atoms with van der Waals surface area (Å²) in [4.78, 5) is 14.7. The van der Waals surface area contributed by atoms with E-state index in [1.165, 1.54) is 38.6 Å². The molecule has 2 nitrogen and oxygen atoms in total. The van der Waals surface area contributed by atoms with Crippen LogP contribution in [0, 0.1) is 23.7 Å². The van der Waals surface area contributed by atoms with Gasteiger partial charge in [0.25, 0.3) is 0 Å². The van der Waals surface area contributed by atoms with Gasteiger partial charge in [-0.25, -0.2) is 0 Å². The molecule has 0 aromatic rings. The molecule has 116 valence electrons. The highest BCUT2D eigenvalue weighted by Crippen LogP contribution is 2.32. The number of piperidine rings is 1. The van der Waals surface area contributed by atoms with Gasteiger partial charge in [0.05, 0.1) is 0 Å². The summed E-state index contributed by atoms with van der Waals surface area (Å²) in [5.74, 6) is 2.99. The summed E-state index contributed by atoms with van der Waals surface area (Å²) in [6, 6.07) is 0. The molecule has 1 heterocycles. The van der Waals surface area contributed by atoms with Crippen LogP contribution in [0.1, 0.15) is 65.7 Å². The monoisotopic (exact) mass is 279 g/mol. The third kappa shape index (κ3) is 4.31. The fourth-order valence-corrected chi connectivity index (χ4v) is 4.06. The number of carbonyl (C=O) groups excluding carboxylic acids is 1. The van der Waals surface area contributed by atoms with E-state index in [4.69, 9.17) is 0 Å². The van der Waals surface area contributed by atoms with Crippen LogP contribution in [0.2, 0.25) is 0 Å². The quantitative estimate of drug-likeness (QED) is 0.754. The number of likely N-dealkylation sites (tertiary alicyclic amines) is 1. The highest BCUT2D eigenvalue weighted by molar-refractivity contribution is 5.82. The third-order valence-electron chi connectivity index (χ3n) is 5.62. The molecule has 0 spiro atoms. The van der Waals surface area contributed by atoms with E-state index in [0.717, 1.165) is 37.8 Å². The van der Waals surface area contributed by atoms with E-state index in [2.05, 4.69) is 11.8 Å². The summed E-state index contributed by atoms with van der Waals surface area (Å²) in [6.07, 6.45) is 9.33. The van der Waals surface area contributed by atoms with Gasteiger partial charge >= 0.3 is 0 Å². The SMILES string of the molecule is CC[C@H]1CC[C@@H](CN2CCC(C(=O)C(C)C)CC2)CC1. The molecule has 0 aromatic carbocycles. The Morgan fingerprint density at radius 2 is 1.55 bits per heavy atom. The minimum absolute atomic E-state index is 0.218. The lowest BCUT2D eigenvalue weighted by Crippen LogP contribution is -2.40. The molecule has 0 amide bonds. The summed E-state index contributed by atoms with van der Waals surface area (Å²) in [5.41, 5.74) is 0. The summed E-state index contributed by atoms with van der Waals surface area (Å²) < 4.78 is 0. The number of Topliss-reactive ketones (excluding diaryl/α,β-unsaturated/α-hetero) is 1. The molecular weight excluding hydrogens is 246 g/mol.